The highest BCUT2D eigenvalue weighted by molar-refractivity contribution is 5.72. The van der Waals surface area contributed by atoms with E-state index in [-0.39, 0.29) is 11.6 Å². The molecular weight excluding hydrogens is 216 g/mol. The number of para-hydroxylation sites is 1. The first-order valence-electron chi connectivity index (χ1n) is 5.82. The van der Waals surface area contributed by atoms with Gasteiger partial charge in [-0.2, -0.15) is 0 Å². The number of amides is 1. The molecule has 1 heterocycles. The number of carbonyl (C=O) groups is 1. The van der Waals surface area contributed by atoms with E-state index in [4.69, 9.17) is 10.5 Å². The summed E-state index contributed by atoms with van der Waals surface area (Å²) in [5.41, 5.74) is 5.86. The quantitative estimate of drug-likeness (QED) is 0.849. The van der Waals surface area contributed by atoms with Crippen molar-refractivity contribution >= 4 is 6.09 Å². The standard InChI is InChI=1S/C13H18N2O2/c1-10(2)13(14)8-15(9-13)12(16)17-11-6-4-3-5-7-11/h3-7,10H,8-9,14H2,1-2H3. The molecule has 0 saturated carbocycles. The van der Waals surface area contributed by atoms with Gasteiger partial charge in [-0.25, -0.2) is 4.79 Å². The lowest BCUT2D eigenvalue weighted by atomic mass is 9.80. The van der Waals surface area contributed by atoms with Gasteiger partial charge in [0.25, 0.3) is 0 Å². The van der Waals surface area contributed by atoms with Gasteiger partial charge in [-0.15, -0.1) is 0 Å². The summed E-state index contributed by atoms with van der Waals surface area (Å²) in [6.45, 7) is 5.27. The third kappa shape index (κ3) is 2.42. The molecule has 1 aromatic rings. The summed E-state index contributed by atoms with van der Waals surface area (Å²) in [4.78, 5) is 13.4. The lowest BCUT2D eigenvalue weighted by Crippen LogP contribution is -2.71. The average Bonchev–Trinajstić information content (AvgIpc) is 2.25. The summed E-state index contributed by atoms with van der Waals surface area (Å²) in [6.07, 6.45) is -0.321. The Bertz CT molecular complexity index is 397. The first kappa shape index (κ1) is 11.9. The molecular formula is C13H18N2O2. The van der Waals surface area contributed by atoms with Crippen molar-refractivity contribution in [2.45, 2.75) is 19.4 Å². The second kappa shape index (κ2) is 4.37. The van der Waals surface area contributed by atoms with Crippen LogP contribution in [0.5, 0.6) is 5.75 Å². The van der Waals surface area contributed by atoms with E-state index < -0.39 is 0 Å². The van der Waals surface area contributed by atoms with E-state index in [0.29, 0.717) is 24.8 Å². The number of hydrogen-bond acceptors (Lipinski definition) is 3. The van der Waals surface area contributed by atoms with Gasteiger partial charge in [-0.1, -0.05) is 32.0 Å². The number of rotatable bonds is 2. The van der Waals surface area contributed by atoms with Gasteiger partial charge in [0.05, 0.1) is 5.54 Å². The summed E-state index contributed by atoms with van der Waals surface area (Å²) >= 11 is 0. The van der Waals surface area contributed by atoms with Crippen LogP contribution in [0.1, 0.15) is 13.8 Å². The lowest BCUT2D eigenvalue weighted by molar-refractivity contribution is 0.0442. The fourth-order valence-corrected chi connectivity index (χ4v) is 1.81. The predicted molar refractivity (Wildman–Crippen MR) is 65.8 cm³/mol. The molecule has 0 spiro atoms. The van der Waals surface area contributed by atoms with Crippen LogP contribution >= 0.6 is 0 Å². The highest BCUT2D eigenvalue weighted by atomic mass is 16.6. The van der Waals surface area contributed by atoms with Crippen molar-refractivity contribution in [2.24, 2.45) is 11.7 Å². The maximum atomic E-state index is 11.8. The molecule has 2 N–H and O–H groups in total. The number of ether oxygens (including phenoxy) is 1. The van der Waals surface area contributed by atoms with Gasteiger partial charge >= 0.3 is 6.09 Å². The highest BCUT2D eigenvalue weighted by Crippen LogP contribution is 2.26. The number of hydrogen-bond donors (Lipinski definition) is 1. The molecule has 17 heavy (non-hydrogen) atoms. The van der Waals surface area contributed by atoms with Gasteiger partial charge in [-0.05, 0) is 18.1 Å². The Morgan fingerprint density at radius 2 is 1.94 bits per heavy atom. The normalized spacial score (nSPS) is 17.8. The van der Waals surface area contributed by atoms with E-state index in [0.717, 1.165) is 0 Å². The number of nitrogens with zero attached hydrogens (tertiary/aromatic N) is 1. The predicted octanol–water partition coefficient (Wildman–Crippen LogP) is 1.85. The molecule has 1 aromatic carbocycles. The van der Waals surface area contributed by atoms with Crippen LogP contribution in [0.25, 0.3) is 0 Å². The topological polar surface area (TPSA) is 55.6 Å². The van der Waals surface area contributed by atoms with Crippen LogP contribution in [-0.4, -0.2) is 29.6 Å². The molecule has 1 aliphatic heterocycles. The molecule has 1 saturated heterocycles. The molecule has 4 heteroatoms. The van der Waals surface area contributed by atoms with Crippen molar-refractivity contribution in [2.75, 3.05) is 13.1 Å². The summed E-state index contributed by atoms with van der Waals surface area (Å²) in [7, 11) is 0. The fraction of sp³-hybridized carbons (Fsp3) is 0.462. The smallest absolute Gasteiger partial charge is 0.410 e. The molecule has 0 bridgehead atoms. The molecule has 0 aromatic heterocycles. The van der Waals surface area contributed by atoms with E-state index >= 15 is 0 Å². The van der Waals surface area contributed by atoms with Crippen molar-refractivity contribution in [1.29, 1.82) is 0 Å². The van der Waals surface area contributed by atoms with Crippen LogP contribution in [0.4, 0.5) is 4.79 Å². The van der Waals surface area contributed by atoms with Crippen LogP contribution in [0.3, 0.4) is 0 Å². The minimum absolute atomic E-state index is 0.254. The molecule has 1 aliphatic rings. The minimum atomic E-state index is -0.321. The number of nitrogens with two attached hydrogens (primary N) is 1. The first-order valence-corrected chi connectivity index (χ1v) is 5.82. The third-order valence-electron chi connectivity index (χ3n) is 3.33. The minimum Gasteiger partial charge on any atom is -0.410 e. The highest BCUT2D eigenvalue weighted by Gasteiger charge is 2.44. The summed E-state index contributed by atoms with van der Waals surface area (Å²) in [6, 6.07) is 9.07. The van der Waals surface area contributed by atoms with E-state index in [2.05, 4.69) is 13.8 Å². The molecule has 4 nitrogen and oxygen atoms in total. The summed E-state index contributed by atoms with van der Waals surface area (Å²) in [5.74, 6) is 0.930. The van der Waals surface area contributed by atoms with Crippen molar-refractivity contribution < 1.29 is 9.53 Å². The Morgan fingerprint density at radius 3 is 2.47 bits per heavy atom. The maximum absolute atomic E-state index is 11.8. The second-order valence-corrected chi connectivity index (χ2v) is 4.92. The summed E-state index contributed by atoms with van der Waals surface area (Å²) < 4.78 is 5.22. The summed E-state index contributed by atoms with van der Waals surface area (Å²) in [5, 5.41) is 0. The Hall–Kier alpha value is -1.55. The van der Waals surface area contributed by atoms with Crippen molar-refractivity contribution in [3.8, 4) is 5.75 Å². The zero-order chi connectivity index (χ0) is 12.5. The van der Waals surface area contributed by atoms with E-state index in [1.807, 2.05) is 18.2 Å². The molecule has 1 fully saturated rings. The van der Waals surface area contributed by atoms with Gasteiger partial charge in [0.1, 0.15) is 5.75 Å². The Labute approximate surface area is 101 Å². The Balaban J connectivity index is 1.88. The average molecular weight is 234 g/mol. The van der Waals surface area contributed by atoms with Crippen molar-refractivity contribution in [3.63, 3.8) is 0 Å². The van der Waals surface area contributed by atoms with E-state index in [1.54, 1.807) is 17.0 Å². The van der Waals surface area contributed by atoms with Crippen LogP contribution in [0.2, 0.25) is 0 Å². The Kier molecular flexibility index (Phi) is 3.07. The second-order valence-electron chi connectivity index (χ2n) is 4.92. The van der Waals surface area contributed by atoms with E-state index in [9.17, 15) is 4.79 Å². The molecule has 2 rings (SSSR count). The zero-order valence-corrected chi connectivity index (χ0v) is 10.2. The SMILES string of the molecule is CC(C)C1(N)CN(C(=O)Oc2ccccc2)C1. The molecule has 1 amide bonds. The fourth-order valence-electron chi connectivity index (χ4n) is 1.81. The van der Waals surface area contributed by atoms with Crippen LogP contribution in [0, 0.1) is 5.92 Å². The van der Waals surface area contributed by atoms with E-state index in [1.165, 1.54) is 0 Å². The maximum Gasteiger partial charge on any atom is 0.415 e. The van der Waals surface area contributed by atoms with Crippen LogP contribution in [0.15, 0.2) is 30.3 Å². The van der Waals surface area contributed by atoms with Gasteiger partial charge in [0.2, 0.25) is 0 Å². The molecule has 0 unspecified atom stereocenters. The number of carbonyl (C=O) groups excluding carboxylic acids is 1. The van der Waals surface area contributed by atoms with Crippen molar-refractivity contribution in [3.05, 3.63) is 30.3 Å². The Morgan fingerprint density at radius 1 is 1.35 bits per heavy atom. The van der Waals surface area contributed by atoms with Gasteiger partial charge < -0.3 is 15.4 Å². The molecule has 0 atom stereocenters. The monoisotopic (exact) mass is 234 g/mol. The lowest BCUT2D eigenvalue weighted by Gasteiger charge is -2.49. The zero-order valence-electron chi connectivity index (χ0n) is 10.2. The van der Waals surface area contributed by atoms with Crippen LogP contribution in [-0.2, 0) is 0 Å². The number of likely N-dealkylation sites (tertiary alicyclic amines) is 1. The van der Waals surface area contributed by atoms with Gasteiger partial charge in [-0.3, -0.25) is 0 Å². The van der Waals surface area contributed by atoms with Gasteiger partial charge in [0, 0.05) is 13.1 Å². The largest absolute Gasteiger partial charge is 0.415 e. The third-order valence-corrected chi connectivity index (χ3v) is 3.33. The van der Waals surface area contributed by atoms with Crippen LogP contribution < -0.4 is 10.5 Å². The first-order chi connectivity index (χ1) is 8.01. The molecule has 92 valence electrons. The van der Waals surface area contributed by atoms with Crippen molar-refractivity contribution in [1.82, 2.24) is 4.90 Å². The molecule has 0 aliphatic carbocycles. The molecule has 0 radical (unpaired) electrons. The van der Waals surface area contributed by atoms with Gasteiger partial charge in [0.15, 0.2) is 0 Å². The number of benzene rings is 1.